The number of ether oxygens (including phenoxy) is 1. The van der Waals surface area contributed by atoms with Gasteiger partial charge in [0.2, 0.25) is 0 Å². The molecule has 1 fully saturated rings. The van der Waals surface area contributed by atoms with E-state index in [0.29, 0.717) is 23.5 Å². The summed E-state index contributed by atoms with van der Waals surface area (Å²) in [6, 6.07) is 15.2. The van der Waals surface area contributed by atoms with Crippen LogP contribution in [0.25, 0.3) is 0 Å². The molecule has 0 atom stereocenters. The molecule has 10 heteroatoms. The molecular weight excluding hydrogens is 442 g/mol. The normalized spacial score (nSPS) is 14.0. The van der Waals surface area contributed by atoms with Gasteiger partial charge in [-0.2, -0.15) is 0 Å². The minimum atomic E-state index is -3.75. The second kappa shape index (κ2) is 9.97. The Labute approximate surface area is 193 Å². The van der Waals surface area contributed by atoms with Gasteiger partial charge < -0.3 is 25.4 Å². The summed E-state index contributed by atoms with van der Waals surface area (Å²) in [6.45, 7) is 3.91. The number of sulfonamides is 1. The Kier molecular flexibility index (Phi) is 6.85. The fourth-order valence-corrected chi connectivity index (χ4v) is 4.61. The highest BCUT2D eigenvalue weighted by Crippen LogP contribution is 2.30. The summed E-state index contributed by atoms with van der Waals surface area (Å²) in [6.07, 6.45) is 1.53. The zero-order valence-corrected chi connectivity index (χ0v) is 19.1. The largest absolute Gasteiger partial charge is 0.504 e. The standard InChI is InChI=1S/C23H27N5O4S/c1-32-21-4-2-3-17(23(21)29)15-25-18-5-8-20(9-6-18)33(30,31)27-19-7-10-22(26-16-19)28-13-11-24-12-14-28/h2-10,16,24-25,27,29H,11-15H2,1H3. The molecule has 1 aliphatic heterocycles. The molecule has 0 bridgehead atoms. The smallest absolute Gasteiger partial charge is 0.261 e. The first-order valence-corrected chi connectivity index (χ1v) is 12.1. The zero-order chi connectivity index (χ0) is 23.3. The van der Waals surface area contributed by atoms with Crippen LogP contribution in [0.5, 0.6) is 11.5 Å². The lowest BCUT2D eigenvalue weighted by Gasteiger charge is -2.28. The van der Waals surface area contributed by atoms with Crippen LogP contribution in [0.1, 0.15) is 5.56 Å². The zero-order valence-electron chi connectivity index (χ0n) is 18.3. The molecule has 4 rings (SSSR count). The first-order valence-electron chi connectivity index (χ1n) is 10.6. The summed E-state index contributed by atoms with van der Waals surface area (Å²) < 4.78 is 33.2. The van der Waals surface area contributed by atoms with Crippen LogP contribution < -0.4 is 25.0 Å². The number of hydrogen-bond acceptors (Lipinski definition) is 8. The number of aromatic hydroxyl groups is 1. The van der Waals surface area contributed by atoms with Gasteiger partial charge in [-0.05, 0) is 42.5 Å². The number of pyridine rings is 1. The first kappa shape index (κ1) is 22.7. The average Bonchev–Trinajstić information content (AvgIpc) is 2.84. The van der Waals surface area contributed by atoms with Crippen molar-refractivity contribution < 1.29 is 18.3 Å². The third-order valence-electron chi connectivity index (χ3n) is 5.39. The number of phenols is 1. The predicted octanol–water partition coefficient (Wildman–Crippen LogP) is 2.62. The quantitative estimate of drug-likeness (QED) is 0.398. The van der Waals surface area contributed by atoms with Gasteiger partial charge in [0.1, 0.15) is 5.82 Å². The Balaban J connectivity index is 1.38. The van der Waals surface area contributed by atoms with E-state index in [1.807, 2.05) is 6.07 Å². The molecule has 174 valence electrons. The fourth-order valence-electron chi connectivity index (χ4n) is 3.57. The number of nitrogens with one attached hydrogen (secondary N) is 3. The maximum absolute atomic E-state index is 12.8. The molecule has 9 nitrogen and oxygen atoms in total. The summed E-state index contributed by atoms with van der Waals surface area (Å²) in [4.78, 5) is 6.70. The van der Waals surface area contributed by atoms with Gasteiger partial charge >= 0.3 is 0 Å². The highest BCUT2D eigenvalue weighted by atomic mass is 32.2. The van der Waals surface area contributed by atoms with Crippen LogP contribution in [0.4, 0.5) is 17.2 Å². The molecule has 0 radical (unpaired) electrons. The fraction of sp³-hybridized carbons (Fsp3) is 0.261. The van der Waals surface area contributed by atoms with E-state index < -0.39 is 10.0 Å². The van der Waals surface area contributed by atoms with Crippen LogP contribution in [0, 0.1) is 0 Å². The maximum atomic E-state index is 12.8. The molecule has 4 N–H and O–H groups in total. The molecular formula is C23H27N5O4S. The van der Waals surface area contributed by atoms with Crippen LogP contribution in [-0.2, 0) is 16.6 Å². The summed E-state index contributed by atoms with van der Waals surface area (Å²) in [7, 11) is -2.25. The number of hydrogen-bond donors (Lipinski definition) is 4. The minimum Gasteiger partial charge on any atom is -0.504 e. The lowest BCUT2D eigenvalue weighted by molar-refractivity contribution is 0.371. The van der Waals surface area contributed by atoms with Crippen LogP contribution >= 0.6 is 0 Å². The summed E-state index contributed by atoms with van der Waals surface area (Å²) in [5.74, 6) is 1.31. The molecule has 1 aliphatic rings. The third-order valence-corrected chi connectivity index (χ3v) is 6.79. The highest BCUT2D eigenvalue weighted by Gasteiger charge is 2.16. The van der Waals surface area contributed by atoms with E-state index in [9.17, 15) is 13.5 Å². The van der Waals surface area contributed by atoms with Gasteiger partial charge in [-0.25, -0.2) is 13.4 Å². The predicted molar refractivity (Wildman–Crippen MR) is 129 cm³/mol. The summed E-state index contributed by atoms with van der Waals surface area (Å²) in [5.41, 5.74) is 1.80. The van der Waals surface area contributed by atoms with Crippen LogP contribution in [0.2, 0.25) is 0 Å². The van der Waals surface area contributed by atoms with E-state index in [1.165, 1.54) is 25.4 Å². The van der Waals surface area contributed by atoms with Crippen molar-refractivity contribution in [2.24, 2.45) is 0 Å². The van der Waals surface area contributed by atoms with Crippen molar-refractivity contribution in [2.75, 3.05) is 48.2 Å². The molecule has 2 heterocycles. The molecule has 0 spiro atoms. The van der Waals surface area contributed by atoms with E-state index in [1.54, 1.807) is 36.4 Å². The van der Waals surface area contributed by atoms with E-state index in [-0.39, 0.29) is 10.6 Å². The van der Waals surface area contributed by atoms with Gasteiger partial charge in [0, 0.05) is 44.0 Å². The lowest BCUT2D eigenvalue weighted by Crippen LogP contribution is -2.43. The first-order chi connectivity index (χ1) is 16.0. The number of piperazine rings is 1. The van der Waals surface area contributed by atoms with Crippen molar-refractivity contribution in [1.82, 2.24) is 10.3 Å². The monoisotopic (exact) mass is 469 g/mol. The van der Waals surface area contributed by atoms with Gasteiger partial charge in [-0.1, -0.05) is 12.1 Å². The van der Waals surface area contributed by atoms with Crippen LogP contribution in [0.15, 0.2) is 65.7 Å². The Morgan fingerprint density at radius 2 is 1.79 bits per heavy atom. The van der Waals surface area contributed by atoms with Crippen molar-refractivity contribution in [2.45, 2.75) is 11.4 Å². The number of methoxy groups -OCH3 is 1. The molecule has 0 amide bonds. The molecule has 0 aliphatic carbocycles. The summed E-state index contributed by atoms with van der Waals surface area (Å²) >= 11 is 0. The molecule has 0 unspecified atom stereocenters. The molecule has 1 aromatic heterocycles. The summed E-state index contributed by atoms with van der Waals surface area (Å²) in [5, 5.41) is 16.6. The van der Waals surface area contributed by atoms with E-state index in [0.717, 1.165) is 37.7 Å². The highest BCUT2D eigenvalue weighted by molar-refractivity contribution is 7.92. The third kappa shape index (κ3) is 5.47. The lowest BCUT2D eigenvalue weighted by atomic mass is 10.2. The molecule has 33 heavy (non-hydrogen) atoms. The van der Waals surface area contributed by atoms with Gasteiger partial charge in [0.05, 0.1) is 23.9 Å². The average molecular weight is 470 g/mol. The van der Waals surface area contributed by atoms with Crippen molar-refractivity contribution in [3.63, 3.8) is 0 Å². The van der Waals surface area contributed by atoms with Gasteiger partial charge in [-0.15, -0.1) is 0 Å². The van der Waals surface area contributed by atoms with Crippen molar-refractivity contribution in [1.29, 1.82) is 0 Å². The van der Waals surface area contributed by atoms with Gasteiger partial charge in [0.25, 0.3) is 10.0 Å². The Bertz CT molecular complexity index is 1180. The van der Waals surface area contributed by atoms with Crippen LogP contribution in [0.3, 0.4) is 0 Å². The second-order valence-electron chi connectivity index (χ2n) is 7.59. The SMILES string of the molecule is COc1cccc(CNc2ccc(S(=O)(=O)Nc3ccc(N4CCNCC4)nc3)cc2)c1O. The Hall–Kier alpha value is -3.50. The van der Waals surface area contributed by atoms with Gasteiger partial charge in [0.15, 0.2) is 11.5 Å². The molecule has 1 saturated heterocycles. The Morgan fingerprint density at radius 3 is 2.45 bits per heavy atom. The van der Waals surface area contributed by atoms with Crippen molar-refractivity contribution >= 4 is 27.2 Å². The number of anilines is 3. The topological polar surface area (TPSA) is 116 Å². The number of nitrogens with zero attached hydrogens (tertiary/aromatic N) is 2. The van der Waals surface area contributed by atoms with Crippen LogP contribution in [-0.4, -0.2) is 51.8 Å². The second-order valence-corrected chi connectivity index (χ2v) is 9.28. The maximum Gasteiger partial charge on any atom is 0.261 e. The molecule has 0 saturated carbocycles. The number of benzene rings is 2. The molecule has 3 aromatic rings. The number of aromatic nitrogens is 1. The number of rotatable bonds is 8. The van der Waals surface area contributed by atoms with E-state index in [4.69, 9.17) is 4.74 Å². The van der Waals surface area contributed by atoms with Crippen molar-refractivity contribution in [3.8, 4) is 11.5 Å². The Morgan fingerprint density at radius 1 is 1.06 bits per heavy atom. The van der Waals surface area contributed by atoms with E-state index >= 15 is 0 Å². The van der Waals surface area contributed by atoms with E-state index in [2.05, 4.69) is 25.2 Å². The number of para-hydroxylation sites is 1. The van der Waals surface area contributed by atoms with Gasteiger partial charge in [-0.3, -0.25) is 4.72 Å². The minimum absolute atomic E-state index is 0.0764. The van der Waals surface area contributed by atoms with Crippen molar-refractivity contribution in [3.05, 3.63) is 66.4 Å². The number of phenolic OH excluding ortho intramolecular Hbond substituents is 1. The molecule has 2 aromatic carbocycles.